The molecule has 0 saturated heterocycles. The fraction of sp³-hybridized carbons (Fsp3) is 0.125. The number of carboxylic acid groups (broad SMARTS) is 1. The molecule has 1 rings (SSSR count). The summed E-state index contributed by atoms with van der Waals surface area (Å²) in [6.07, 6.45) is -4.46. The maximum atomic E-state index is 12.7. The molecule has 0 saturated carbocycles. The number of nitrogens with zero attached hydrogens (tertiary/aromatic N) is 1. The Hall–Kier alpha value is -1.77. The SMILES string of the molecule is O=C(O)C(F)(F)Oc1cccc([N+](=O)[O-])c1Br. The zero-order valence-electron chi connectivity index (χ0n) is 7.89. The van der Waals surface area contributed by atoms with Gasteiger partial charge in [-0.05, 0) is 22.0 Å². The Balaban J connectivity index is 3.13. The van der Waals surface area contributed by atoms with Gasteiger partial charge in [0.05, 0.1) is 4.92 Å². The van der Waals surface area contributed by atoms with Crippen LogP contribution in [0.4, 0.5) is 14.5 Å². The van der Waals surface area contributed by atoms with E-state index in [0.717, 1.165) is 18.2 Å². The number of hydrogen-bond acceptors (Lipinski definition) is 4. The molecule has 0 heterocycles. The molecule has 17 heavy (non-hydrogen) atoms. The van der Waals surface area contributed by atoms with Crippen molar-refractivity contribution in [3.05, 3.63) is 32.8 Å². The fourth-order valence-corrected chi connectivity index (χ4v) is 1.39. The number of ether oxygens (including phenoxy) is 1. The van der Waals surface area contributed by atoms with Crippen LogP contribution in [-0.4, -0.2) is 22.1 Å². The summed E-state index contributed by atoms with van der Waals surface area (Å²) in [6.45, 7) is 0. The molecule has 1 aromatic rings. The third-order valence-electron chi connectivity index (χ3n) is 1.63. The molecule has 9 heteroatoms. The second-order valence-corrected chi connectivity index (χ2v) is 3.56. The maximum absolute atomic E-state index is 12.7. The van der Waals surface area contributed by atoms with E-state index >= 15 is 0 Å². The van der Waals surface area contributed by atoms with Gasteiger partial charge in [-0.25, -0.2) is 4.79 Å². The summed E-state index contributed by atoms with van der Waals surface area (Å²) in [5, 5.41) is 18.6. The number of nitro benzene ring substituents is 1. The Morgan fingerprint density at radius 2 is 2.12 bits per heavy atom. The predicted octanol–water partition coefficient (Wildman–Crippen LogP) is 2.41. The van der Waals surface area contributed by atoms with Gasteiger partial charge < -0.3 is 9.84 Å². The van der Waals surface area contributed by atoms with Gasteiger partial charge in [0.2, 0.25) is 0 Å². The zero-order chi connectivity index (χ0) is 13.2. The number of nitro groups is 1. The second kappa shape index (κ2) is 4.62. The van der Waals surface area contributed by atoms with Crippen LogP contribution in [-0.2, 0) is 4.79 Å². The first-order valence-electron chi connectivity index (χ1n) is 3.99. The molecule has 0 aliphatic carbocycles. The van der Waals surface area contributed by atoms with Crippen molar-refractivity contribution in [2.45, 2.75) is 6.11 Å². The Labute approximate surface area is 101 Å². The van der Waals surface area contributed by atoms with Gasteiger partial charge in [0.25, 0.3) is 5.69 Å². The van der Waals surface area contributed by atoms with E-state index in [-0.39, 0.29) is 4.47 Å². The Morgan fingerprint density at radius 1 is 1.53 bits per heavy atom. The summed E-state index contributed by atoms with van der Waals surface area (Å²) in [5.74, 6) is -3.12. The fourth-order valence-electron chi connectivity index (χ4n) is 0.901. The number of hydrogen-bond donors (Lipinski definition) is 1. The van der Waals surface area contributed by atoms with Crippen LogP contribution in [0.5, 0.6) is 5.75 Å². The lowest BCUT2D eigenvalue weighted by atomic mass is 10.3. The smallest absolute Gasteiger partial charge is 0.474 e. The van der Waals surface area contributed by atoms with Gasteiger partial charge in [-0.2, -0.15) is 8.78 Å². The average molecular weight is 312 g/mol. The first kappa shape index (κ1) is 13.3. The van der Waals surface area contributed by atoms with Crippen LogP contribution in [0.25, 0.3) is 0 Å². The van der Waals surface area contributed by atoms with Crippen LogP contribution in [0.2, 0.25) is 0 Å². The van der Waals surface area contributed by atoms with Crippen molar-refractivity contribution in [1.82, 2.24) is 0 Å². The van der Waals surface area contributed by atoms with Crippen LogP contribution in [0.3, 0.4) is 0 Å². The summed E-state index contributed by atoms with van der Waals surface area (Å²) in [4.78, 5) is 19.8. The van der Waals surface area contributed by atoms with Gasteiger partial charge in [-0.3, -0.25) is 10.1 Å². The minimum atomic E-state index is -4.46. The Kier molecular flexibility index (Phi) is 3.61. The number of aliphatic carboxylic acids is 1. The van der Waals surface area contributed by atoms with Gasteiger partial charge >= 0.3 is 12.1 Å². The van der Waals surface area contributed by atoms with Gasteiger partial charge in [-0.15, -0.1) is 0 Å². The number of alkyl halides is 2. The van der Waals surface area contributed by atoms with Crippen molar-refractivity contribution in [3.63, 3.8) is 0 Å². The minimum absolute atomic E-state index is 0.356. The zero-order valence-corrected chi connectivity index (χ0v) is 9.48. The lowest BCUT2D eigenvalue weighted by Crippen LogP contribution is -2.34. The van der Waals surface area contributed by atoms with Crippen LogP contribution in [0, 0.1) is 10.1 Å². The van der Waals surface area contributed by atoms with Gasteiger partial charge in [0.15, 0.2) is 0 Å². The number of halogens is 3. The van der Waals surface area contributed by atoms with Gasteiger partial charge in [0, 0.05) is 6.07 Å². The molecule has 0 amide bonds. The normalized spacial score (nSPS) is 11.0. The highest BCUT2D eigenvalue weighted by molar-refractivity contribution is 9.10. The Bertz CT molecular complexity index is 479. The molecule has 0 aromatic heterocycles. The van der Waals surface area contributed by atoms with E-state index in [1.807, 2.05) is 0 Å². The van der Waals surface area contributed by atoms with Crippen molar-refractivity contribution in [2.75, 3.05) is 0 Å². The van der Waals surface area contributed by atoms with Crippen molar-refractivity contribution < 1.29 is 28.3 Å². The Morgan fingerprint density at radius 3 is 2.59 bits per heavy atom. The predicted molar refractivity (Wildman–Crippen MR) is 54.0 cm³/mol. The van der Waals surface area contributed by atoms with E-state index in [9.17, 15) is 23.7 Å². The summed E-state index contributed by atoms with van der Waals surface area (Å²) >= 11 is 2.69. The van der Waals surface area contributed by atoms with E-state index in [1.165, 1.54) is 0 Å². The molecule has 1 aromatic carbocycles. The summed E-state index contributed by atoms with van der Waals surface area (Å²) < 4.78 is 29.0. The van der Waals surface area contributed by atoms with Crippen LogP contribution in [0.1, 0.15) is 0 Å². The third kappa shape index (κ3) is 2.87. The lowest BCUT2D eigenvalue weighted by Gasteiger charge is -2.14. The van der Waals surface area contributed by atoms with Crippen LogP contribution in [0.15, 0.2) is 22.7 Å². The summed E-state index contributed by atoms with van der Waals surface area (Å²) in [5.41, 5.74) is -0.510. The van der Waals surface area contributed by atoms with E-state index in [2.05, 4.69) is 20.7 Å². The monoisotopic (exact) mass is 311 g/mol. The van der Waals surface area contributed by atoms with E-state index in [1.54, 1.807) is 0 Å². The molecule has 6 nitrogen and oxygen atoms in total. The molecule has 0 radical (unpaired) electrons. The molecule has 92 valence electrons. The summed E-state index contributed by atoms with van der Waals surface area (Å²) in [7, 11) is 0. The van der Waals surface area contributed by atoms with Crippen molar-refractivity contribution in [2.24, 2.45) is 0 Å². The molecule has 0 unspecified atom stereocenters. The molecular weight excluding hydrogens is 308 g/mol. The van der Waals surface area contributed by atoms with E-state index in [0.29, 0.717) is 0 Å². The molecule has 0 spiro atoms. The maximum Gasteiger partial charge on any atom is 0.501 e. The number of rotatable bonds is 4. The van der Waals surface area contributed by atoms with Crippen molar-refractivity contribution in [1.29, 1.82) is 0 Å². The summed E-state index contributed by atoms with van der Waals surface area (Å²) in [6, 6.07) is 3.12. The van der Waals surface area contributed by atoms with Crippen molar-refractivity contribution in [3.8, 4) is 5.75 Å². The topological polar surface area (TPSA) is 89.7 Å². The largest absolute Gasteiger partial charge is 0.501 e. The average Bonchev–Trinajstić information content (AvgIpc) is 2.20. The number of carbonyl (C=O) groups is 1. The minimum Gasteiger partial charge on any atom is -0.474 e. The third-order valence-corrected chi connectivity index (χ3v) is 2.42. The molecule has 1 N–H and O–H groups in total. The lowest BCUT2D eigenvalue weighted by molar-refractivity contribution is -0.385. The van der Waals surface area contributed by atoms with Crippen LogP contribution >= 0.6 is 15.9 Å². The number of carboxylic acids is 1. The van der Waals surface area contributed by atoms with E-state index in [4.69, 9.17) is 5.11 Å². The van der Waals surface area contributed by atoms with Crippen molar-refractivity contribution >= 4 is 27.6 Å². The molecule has 0 atom stereocenters. The molecule has 0 bridgehead atoms. The first-order chi connectivity index (χ1) is 7.75. The quantitative estimate of drug-likeness (QED) is 0.681. The molecule has 0 aliphatic heterocycles. The second-order valence-electron chi connectivity index (χ2n) is 2.77. The van der Waals surface area contributed by atoms with Crippen LogP contribution < -0.4 is 4.74 Å². The first-order valence-corrected chi connectivity index (χ1v) is 4.78. The van der Waals surface area contributed by atoms with Gasteiger partial charge in [-0.1, -0.05) is 6.07 Å². The number of benzene rings is 1. The van der Waals surface area contributed by atoms with Gasteiger partial charge in [0.1, 0.15) is 10.2 Å². The molecule has 0 fully saturated rings. The van der Waals surface area contributed by atoms with E-state index < -0.39 is 28.4 Å². The standard InChI is InChI=1S/C8H4BrF2NO5/c9-6-4(12(15)16)2-1-3-5(6)17-8(10,11)7(13)14/h1-3H,(H,13,14). The molecular formula is C8H4BrF2NO5. The highest BCUT2D eigenvalue weighted by Crippen LogP contribution is 2.36. The molecule has 0 aliphatic rings. The highest BCUT2D eigenvalue weighted by atomic mass is 79.9. The highest BCUT2D eigenvalue weighted by Gasteiger charge is 2.43.